The van der Waals surface area contributed by atoms with Crippen molar-refractivity contribution >= 4 is 0 Å². The third-order valence-electron chi connectivity index (χ3n) is 4.15. The van der Waals surface area contributed by atoms with Crippen LogP contribution in [0.3, 0.4) is 0 Å². The van der Waals surface area contributed by atoms with E-state index in [0.717, 1.165) is 30.6 Å². The summed E-state index contributed by atoms with van der Waals surface area (Å²) in [5, 5.41) is 0. The molecule has 0 unspecified atom stereocenters. The molecule has 0 spiro atoms. The van der Waals surface area contributed by atoms with Gasteiger partial charge in [-0.2, -0.15) is 0 Å². The van der Waals surface area contributed by atoms with Gasteiger partial charge in [0.05, 0.1) is 0 Å². The van der Waals surface area contributed by atoms with Crippen LogP contribution in [0.25, 0.3) is 0 Å². The molecule has 0 aromatic rings. The van der Waals surface area contributed by atoms with Crippen LogP contribution in [-0.2, 0) is 0 Å². The summed E-state index contributed by atoms with van der Waals surface area (Å²) in [6.07, 6.45) is 4.97. The lowest BCUT2D eigenvalue weighted by molar-refractivity contribution is 0.397. The Hall–Kier alpha value is -0.440. The molecule has 0 saturated heterocycles. The van der Waals surface area contributed by atoms with Gasteiger partial charge in [-0.25, -0.2) is 0 Å². The fraction of sp³-hybridized carbons (Fsp3) is 0.846. The smallest absolute Gasteiger partial charge is 0.00940 e. The maximum atomic E-state index is 3.28. The van der Waals surface area contributed by atoms with Gasteiger partial charge in [-0.05, 0) is 36.0 Å². The molecule has 0 N–H and O–H groups in total. The molecule has 2 rings (SSSR count). The third-order valence-corrected chi connectivity index (χ3v) is 4.15. The van der Waals surface area contributed by atoms with E-state index >= 15 is 0 Å². The standard InChI is InChI=1S/C13H20/c1-10(2)12-11-8-6-4-5-7-9-13(11,12)3/h10-12H,6-9H2,1-3H3/t11-,12+,13-/m0/s1. The second-order valence-corrected chi connectivity index (χ2v) is 5.27. The number of rotatable bonds is 1. The van der Waals surface area contributed by atoms with Gasteiger partial charge in [-0.15, -0.1) is 11.8 Å². The largest absolute Gasteiger partial charge is 0.103 e. The summed E-state index contributed by atoms with van der Waals surface area (Å²) in [7, 11) is 0. The predicted molar refractivity (Wildman–Crippen MR) is 56.2 cm³/mol. The maximum absolute atomic E-state index is 3.28. The first-order valence-corrected chi connectivity index (χ1v) is 5.62. The van der Waals surface area contributed by atoms with Crippen molar-refractivity contribution in [3.8, 4) is 11.8 Å². The second-order valence-electron chi connectivity index (χ2n) is 5.27. The summed E-state index contributed by atoms with van der Waals surface area (Å²) in [5.74, 6) is 9.39. The first kappa shape index (κ1) is 9.13. The normalized spacial score (nSPS) is 42.8. The Morgan fingerprint density at radius 2 is 1.92 bits per heavy atom. The van der Waals surface area contributed by atoms with Crippen LogP contribution in [0.2, 0.25) is 0 Å². The molecular formula is C13H20. The fourth-order valence-corrected chi connectivity index (χ4v) is 3.52. The van der Waals surface area contributed by atoms with Crippen LogP contribution in [0, 0.1) is 35.0 Å². The van der Waals surface area contributed by atoms with Crippen molar-refractivity contribution < 1.29 is 0 Å². The number of fused-ring (bicyclic) bond motifs is 1. The average molecular weight is 176 g/mol. The van der Waals surface area contributed by atoms with E-state index < -0.39 is 0 Å². The molecule has 0 radical (unpaired) electrons. The Bertz CT molecular complexity index is 253. The van der Waals surface area contributed by atoms with Crippen molar-refractivity contribution in [2.24, 2.45) is 23.2 Å². The highest BCUT2D eigenvalue weighted by atomic mass is 14.6. The Labute approximate surface area is 82.1 Å². The second kappa shape index (κ2) is 3.05. The van der Waals surface area contributed by atoms with E-state index in [1.165, 1.54) is 12.8 Å². The highest BCUT2D eigenvalue weighted by molar-refractivity contribution is 5.14. The minimum atomic E-state index is 0.656. The molecule has 3 atom stereocenters. The van der Waals surface area contributed by atoms with Gasteiger partial charge in [-0.3, -0.25) is 0 Å². The van der Waals surface area contributed by atoms with Crippen LogP contribution >= 0.6 is 0 Å². The molecule has 0 heterocycles. The molecule has 1 fully saturated rings. The molecule has 1 saturated carbocycles. The molecule has 0 aromatic heterocycles. The highest BCUT2D eigenvalue weighted by Gasteiger charge is 2.60. The summed E-state index contributed by atoms with van der Waals surface area (Å²) in [6.45, 7) is 7.23. The van der Waals surface area contributed by atoms with Crippen LogP contribution in [0.1, 0.15) is 46.5 Å². The molecule has 2 aliphatic carbocycles. The van der Waals surface area contributed by atoms with E-state index in [4.69, 9.17) is 0 Å². The minimum absolute atomic E-state index is 0.656. The van der Waals surface area contributed by atoms with Gasteiger partial charge >= 0.3 is 0 Å². The van der Waals surface area contributed by atoms with Crippen LogP contribution in [0.4, 0.5) is 0 Å². The van der Waals surface area contributed by atoms with Gasteiger partial charge in [0.2, 0.25) is 0 Å². The molecule has 0 aliphatic heterocycles. The Kier molecular flexibility index (Phi) is 2.14. The summed E-state index contributed by atoms with van der Waals surface area (Å²) in [5.41, 5.74) is 0.656. The lowest BCUT2D eigenvalue weighted by Gasteiger charge is -2.11. The van der Waals surface area contributed by atoms with Gasteiger partial charge in [0.25, 0.3) is 0 Å². The summed E-state index contributed by atoms with van der Waals surface area (Å²) < 4.78 is 0. The van der Waals surface area contributed by atoms with Gasteiger partial charge < -0.3 is 0 Å². The highest BCUT2D eigenvalue weighted by Crippen LogP contribution is 2.66. The topological polar surface area (TPSA) is 0 Å². The fourth-order valence-electron chi connectivity index (χ4n) is 3.52. The molecule has 0 amide bonds. The lowest BCUT2D eigenvalue weighted by atomic mass is 9.93. The van der Waals surface area contributed by atoms with Gasteiger partial charge in [0.1, 0.15) is 0 Å². The molecule has 2 aliphatic rings. The monoisotopic (exact) mass is 176 g/mol. The van der Waals surface area contributed by atoms with Crippen LogP contribution in [-0.4, -0.2) is 0 Å². The first-order chi connectivity index (χ1) is 6.16. The minimum Gasteiger partial charge on any atom is -0.103 e. The zero-order valence-electron chi connectivity index (χ0n) is 9.06. The van der Waals surface area contributed by atoms with E-state index in [1.54, 1.807) is 0 Å². The maximum Gasteiger partial charge on any atom is 0.00940 e. The van der Waals surface area contributed by atoms with E-state index in [-0.39, 0.29) is 0 Å². The van der Waals surface area contributed by atoms with Crippen LogP contribution in [0.15, 0.2) is 0 Å². The van der Waals surface area contributed by atoms with Gasteiger partial charge in [0.15, 0.2) is 0 Å². The Morgan fingerprint density at radius 3 is 2.62 bits per heavy atom. The Balaban J connectivity index is 2.08. The number of hydrogen-bond donors (Lipinski definition) is 0. The molecular weight excluding hydrogens is 156 g/mol. The predicted octanol–water partition coefficient (Wildman–Crippen LogP) is 3.47. The van der Waals surface area contributed by atoms with Crippen molar-refractivity contribution in [1.82, 2.24) is 0 Å². The summed E-state index contributed by atoms with van der Waals surface area (Å²) >= 11 is 0. The zero-order valence-corrected chi connectivity index (χ0v) is 9.06. The van der Waals surface area contributed by atoms with Crippen molar-refractivity contribution in [1.29, 1.82) is 0 Å². The Morgan fingerprint density at radius 1 is 1.23 bits per heavy atom. The van der Waals surface area contributed by atoms with Gasteiger partial charge in [0, 0.05) is 12.8 Å². The molecule has 13 heavy (non-hydrogen) atoms. The molecule has 72 valence electrons. The van der Waals surface area contributed by atoms with Gasteiger partial charge in [-0.1, -0.05) is 20.8 Å². The van der Waals surface area contributed by atoms with Crippen molar-refractivity contribution in [3.63, 3.8) is 0 Å². The molecule has 0 nitrogen and oxygen atoms in total. The van der Waals surface area contributed by atoms with Crippen molar-refractivity contribution in [3.05, 3.63) is 0 Å². The third kappa shape index (κ3) is 1.39. The summed E-state index contributed by atoms with van der Waals surface area (Å²) in [6, 6.07) is 0. The molecule has 0 heteroatoms. The van der Waals surface area contributed by atoms with Crippen LogP contribution in [0.5, 0.6) is 0 Å². The van der Waals surface area contributed by atoms with E-state index in [0.29, 0.717) is 5.41 Å². The first-order valence-electron chi connectivity index (χ1n) is 5.62. The SMILES string of the molecule is CC(C)[C@@H]1[C@@H]2CCC#CCC[C@]12C. The molecule has 0 aromatic carbocycles. The van der Waals surface area contributed by atoms with Crippen LogP contribution < -0.4 is 0 Å². The summed E-state index contributed by atoms with van der Waals surface area (Å²) in [4.78, 5) is 0. The van der Waals surface area contributed by atoms with Crippen molar-refractivity contribution in [2.45, 2.75) is 46.5 Å². The lowest BCUT2D eigenvalue weighted by Crippen LogP contribution is -2.03. The average Bonchev–Trinajstić information content (AvgIpc) is 2.57. The molecule has 0 bridgehead atoms. The zero-order chi connectivity index (χ0) is 9.47. The van der Waals surface area contributed by atoms with Crippen molar-refractivity contribution in [2.75, 3.05) is 0 Å². The van der Waals surface area contributed by atoms with E-state index in [9.17, 15) is 0 Å². The van der Waals surface area contributed by atoms with E-state index in [1.807, 2.05) is 0 Å². The number of hydrogen-bond acceptors (Lipinski definition) is 0. The van der Waals surface area contributed by atoms with E-state index in [2.05, 4.69) is 32.6 Å². The quantitative estimate of drug-likeness (QED) is 0.537.